The van der Waals surface area contributed by atoms with E-state index in [0.29, 0.717) is 12.0 Å². The lowest BCUT2D eigenvalue weighted by atomic mass is 9.93. The lowest BCUT2D eigenvalue weighted by Crippen LogP contribution is -2.43. The molecule has 14 heavy (non-hydrogen) atoms. The molecule has 0 amide bonds. The Balaban J connectivity index is 3.93. The van der Waals surface area contributed by atoms with Crippen LogP contribution in [-0.4, -0.2) is 38.0 Å². The van der Waals surface area contributed by atoms with Gasteiger partial charge < -0.3 is 15.2 Å². The van der Waals surface area contributed by atoms with Crippen molar-refractivity contribution in [2.24, 2.45) is 11.3 Å². The highest BCUT2D eigenvalue weighted by atomic mass is 16.5. The Labute approximate surface area is 87.8 Å². The molecular formula is C11H25NO2. The molecule has 0 aliphatic heterocycles. The lowest BCUT2D eigenvalue weighted by Gasteiger charge is -2.28. The second-order valence-corrected chi connectivity index (χ2v) is 5.01. The van der Waals surface area contributed by atoms with E-state index in [1.165, 1.54) is 0 Å². The van der Waals surface area contributed by atoms with E-state index in [-0.39, 0.29) is 12.0 Å². The first-order valence-corrected chi connectivity index (χ1v) is 5.26. The van der Waals surface area contributed by atoms with Crippen LogP contribution in [0.3, 0.4) is 0 Å². The van der Waals surface area contributed by atoms with Crippen molar-refractivity contribution in [1.82, 2.24) is 5.32 Å². The maximum atomic E-state index is 9.10. The van der Waals surface area contributed by atoms with Crippen molar-refractivity contribution in [3.05, 3.63) is 0 Å². The van der Waals surface area contributed by atoms with Crippen LogP contribution >= 0.6 is 0 Å². The van der Waals surface area contributed by atoms with Crippen LogP contribution in [-0.2, 0) is 4.74 Å². The van der Waals surface area contributed by atoms with E-state index >= 15 is 0 Å². The quantitative estimate of drug-likeness (QED) is 0.654. The van der Waals surface area contributed by atoms with Crippen LogP contribution in [0.4, 0.5) is 0 Å². The lowest BCUT2D eigenvalue weighted by molar-refractivity contribution is 0.119. The monoisotopic (exact) mass is 203 g/mol. The first-order chi connectivity index (χ1) is 6.43. The number of nitrogens with one attached hydrogen (secondary N) is 1. The smallest absolute Gasteiger partial charge is 0.0618 e. The zero-order valence-corrected chi connectivity index (χ0v) is 10.1. The van der Waals surface area contributed by atoms with Gasteiger partial charge in [-0.3, -0.25) is 0 Å². The molecule has 0 heterocycles. The molecule has 0 aromatic heterocycles. The van der Waals surface area contributed by atoms with Gasteiger partial charge in [0.2, 0.25) is 0 Å². The van der Waals surface area contributed by atoms with Crippen LogP contribution in [0.25, 0.3) is 0 Å². The summed E-state index contributed by atoms with van der Waals surface area (Å²) in [5.41, 5.74) is -0.0547. The zero-order chi connectivity index (χ0) is 11.2. The highest BCUT2D eigenvalue weighted by Crippen LogP contribution is 2.13. The fourth-order valence-electron chi connectivity index (χ4n) is 1.13. The Morgan fingerprint density at radius 3 is 2.29 bits per heavy atom. The first-order valence-electron chi connectivity index (χ1n) is 5.26. The predicted molar refractivity (Wildman–Crippen MR) is 59.4 cm³/mol. The highest BCUT2D eigenvalue weighted by Gasteiger charge is 2.20. The molecule has 0 spiro atoms. The molecule has 86 valence electrons. The summed E-state index contributed by atoms with van der Waals surface area (Å²) in [6.45, 7) is 10.2. The third-order valence-corrected chi connectivity index (χ3v) is 2.42. The summed E-state index contributed by atoms with van der Waals surface area (Å²) >= 11 is 0. The number of ether oxygens (including phenoxy) is 1. The van der Waals surface area contributed by atoms with E-state index in [1.54, 1.807) is 7.11 Å². The van der Waals surface area contributed by atoms with Gasteiger partial charge >= 0.3 is 0 Å². The summed E-state index contributed by atoms with van der Waals surface area (Å²) in [4.78, 5) is 0. The Morgan fingerprint density at radius 2 is 1.93 bits per heavy atom. The number of hydrogen-bond donors (Lipinski definition) is 2. The Bertz CT molecular complexity index is 146. The minimum Gasteiger partial charge on any atom is -0.396 e. The third-order valence-electron chi connectivity index (χ3n) is 2.42. The second-order valence-electron chi connectivity index (χ2n) is 5.01. The van der Waals surface area contributed by atoms with E-state index in [1.807, 2.05) is 13.8 Å². The summed E-state index contributed by atoms with van der Waals surface area (Å²) in [5.74, 6) is 0.546. The van der Waals surface area contributed by atoms with Gasteiger partial charge in [-0.25, -0.2) is 0 Å². The average molecular weight is 203 g/mol. The van der Waals surface area contributed by atoms with Gasteiger partial charge in [-0.2, -0.15) is 0 Å². The molecule has 0 saturated heterocycles. The predicted octanol–water partition coefficient (Wildman–Crippen LogP) is 1.27. The molecule has 1 unspecified atom stereocenters. The van der Waals surface area contributed by atoms with Crippen LogP contribution in [0, 0.1) is 11.3 Å². The number of rotatable bonds is 7. The summed E-state index contributed by atoms with van der Waals surface area (Å²) in [6.07, 6.45) is 0. The maximum absolute atomic E-state index is 9.10. The van der Waals surface area contributed by atoms with E-state index in [9.17, 15) is 0 Å². The molecule has 3 heteroatoms. The molecule has 0 aromatic rings. The third kappa shape index (κ3) is 5.58. The highest BCUT2D eigenvalue weighted by molar-refractivity contribution is 4.76. The zero-order valence-electron chi connectivity index (χ0n) is 10.1. The molecule has 0 aliphatic carbocycles. The Hall–Kier alpha value is -0.120. The normalized spacial score (nSPS) is 14.8. The molecule has 0 radical (unpaired) electrons. The fourth-order valence-corrected chi connectivity index (χ4v) is 1.13. The van der Waals surface area contributed by atoms with E-state index in [0.717, 1.165) is 13.2 Å². The van der Waals surface area contributed by atoms with Crippen molar-refractivity contribution in [3.8, 4) is 0 Å². The van der Waals surface area contributed by atoms with Gasteiger partial charge in [0.05, 0.1) is 6.61 Å². The van der Waals surface area contributed by atoms with Gasteiger partial charge in [0.25, 0.3) is 0 Å². The largest absolute Gasteiger partial charge is 0.396 e. The minimum atomic E-state index is -0.0547. The molecular weight excluding hydrogens is 178 g/mol. The van der Waals surface area contributed by atoms with E-state index in [2.05, 4.69) is 19.2 Å². The van der Waals surface area contributed by atoms with Crippen LogP contribution in [0.5, 0.6) is 0 Å². The Morgan fingerprint density at radius 1 is 1.36 bits per heavy atom. The van der Waals surface area contributed by atoms with Crippen LogP contribution < -0.4 is 5.32 Å². The maximum Gasteiger partial charge on any atom is 0.0618 e. The molecule has 3 nitrogen and oxygen atoms in total. The number of methoxy groups -OCH3 is 1. The van der Waals surface area contributed by atoms with Gasteiger partial charge in [-0.15, -0.1) is 0 Å². The van der Waals surface area contributed by atoms with E-state index < -0.39 is 0 Å². The van der Waals surface area contributed by atoms with Crippen molar-refractivity contribution in [1.29, 1.82) is 0 Å². The molecule has 0 aliphatic rings. The Kier molecular flexibility index (Phi) is 6.33. The van der Waals surface area contributed by atoms with Crippen molar-refractivity contribution in [3.63, 3.8) is 0 Å². The first kappa shape index (κ1) is 13.9. The summed E-state index contributed by atoms with van der Waals surface area (Å²) in [7, 11) is 1.72. The van der Waals surface area contributed by atoms with Crippen molar-refractivity contribution >= 4 is 0 Å². The van der Waals surface area contributed by atoms with Gasteiger partial charge in [-0.1, -0.05) is 27.7 Å². The summed E-state index contributed by atoms with van der Waals surface area (Å²) in [5, 5.41) is 12.5. The molecule has 0 saturated carbocycles. The van der Waals surface area contributed by atoms with Crippen LogP contribution in [0.15, 0.2) is 0 Å². The van der Waals surface area contributed by atoms with E-state index in [4.69, 9.17) is 9.84 Å². The van der Waals surface area contributed by atoms with Gasteiger partial charge in [0.1, 0.15) is 0 Å². The molecule has 0 fully saturated rings. The topological polar surface area (TPSA) is 41.5 Å². The van der Waals surface area contributed by atoms with Crippen molar-refractivity contribution < 1.29 is 9.84 Å². The van der Waals surface area contributed by atoms with Crippen molar-refractivity contribution in [2.45, 2.75) is 33.7 Å². The summed E-state index contributed by atoms with van der Waals surface area (Å²) < 4.78 is 5.14. The van der Waals surface area contributed by atoms with Gasteiger partial charge in [-0.05, 0) is 5.92 Å². The second kappa shape index (κ2) is 6.38. The van der Waals surface area contributed by atoms with Gasteiger partial charge in [0, 0.05) is 31.7 Å². The summed E-state index contributed by atoms with van der Waals surface area (Å²) in [6, 6.07) is 0.367. The molecule has 2 N–H and O–H groups in total. The molecule has 1 atom stereocenters. The minimum absolute atomic E-state index is 0.0547. The number of aliphatic hydroxyl groups is 1. The SMILES string of the molecule is COCC(NCC(C)(C)CO)C(C)C. The van der Waals surface area contributed by atoms with Crippen LogP contribution in [0.1, 0.15) is 27.7 Å². The molecule has 0 aromatic carbocycles. The van der Waals surface area contributed by atoms with Crippen molar-refractivity contribution in [2.75, 3.05) is 26.9 Å². The number of aliphatic hydroxyl groups excluding tert-OH is 1. The molecule has 0 bridgehead atoms. The van der Waals surface area contributed by atoms with Gasteiger partial charge in [0.15, 0.2) is 0 Å². The molecule has 0 rings (SSSR count). The standard InChI is InChI=1S/C11H25NO2/c1-9(2)10(6-14-5)12-7-11(3,4)8-13/h9-10,12-13H,6-8H2,1-5H3. The fraction of sp³-hybridized carbons (Fsp3) is 1.00. The number of hydrogen-bond acceptors (Lipinski definition) is 3. The average Bonchev–Trinajstić information content (AvgIpc) is 2.12. The van der Waals surface area contributed by atoms with Crippen LogP contribution in [0.2, 0.25) is 0 Å².